The van der Waals surface area contributed by atoms with Gasteiger partial charge in [-0.05, 0) is 81.1 Å². The highest BCUT2D eigenvalue weighted by Crippen LogP contribution is 2.60. The van der Waals surface area contributed by atoms with Crippen LogP contribution in [0.5, 0.6) is 0 Å². The summed E-state index contributed by atoms with van der Waals surface area (Å²) in [6.07, 6.45) is 4.57. The van der Waals surface area contributed by atoms with Gasteiger partial charge in [-0.25, -0.2) is 0 Å². The van der Waals surface area contributed by atoms with E-state index in [1.54, 1.807) is 9.80 Å². The predicted octanol–water partition coefficient (Wildman–Crippen LogP) is 4.45. The summed E-state index contributed by atoms with van der Waals surface area (Å²) < 4.78 is 6.78. The van der Waals surface area contributed by atoms with Crippen LogP contribution in [0.4, 0.5) is 17.1 Å². The molecule has 3 fully saturated rings. The topological polar surface area (TPSA) is 111 Å². The van der Waals surface area contributed by atoms with Crippen LogP contribution in [0.2, 0.25) is 18.6 Å². The van der Waals surface area contributed by atoms with Crippen molar-refractivity contribution in [2.24, 2.45) is 5.92 Å². The van der Waals surface area contributed by atoms with Gasteiger partial charge in [0.2, 0.25) is 11.8 Å². The van der Waals surface area contributed by atoms with Gasteiger partial charge >= 0.3 is 0 Å². The Bertz CT molecular complexity index is 1430. The molecule has 0 aliphatic carbocycles. The molecule has 4 heterocycles. The molecule has 0 saturated carbocycles. The summed E-state index contributed by atoms with van der Waals surface area (Å²) in [7, 11) is -2.83. The zero-order chi connectivity index (χ0) is 30.5. The van der Waals surface area contributed by atoms with E-state index in [-0.39, 0.29) is 42.3 Å². The first-order chi connectivity index (χ1) is 20.6. The van der Waals surface area contributed by atoms with Crippen molar-refractivity contribution in [3.63, 3.8) is 0 Å². The zero-order valence-electron chi connectivity index (χ0n) is 25.4. The van der Waals surface area contributed by atoms with Crippen LogP contribution in [0.1, 0.15) is 63.0 Å². The number of rotatable bonds is 7. The van der Waals surface area contributed by atoms with Crippen molar-refractivity contribution in [2.45, 2.75) is 88.8 Å². The number of anilines is 3. The fraction of sp³-hybridized carbons (Fsp3) is 0.545. The van der Waals surface area contributed by atoms with E-state index < -0.39 is 20.0 Å². The summed E-state index contributed by atoms with van der Waals surface area (Å²) in [5.74, 6) is -0.350. The first kappa shape index (κ1) is 30.0. The Balaban J connectivity index is 1.42. The lowest BCUT2D eigenvalue weighted by Crippen LogP contribution is -2.46. The van der Waals surface area contributed by atoms with E-state index in [2.05, 4.69) is 0 Å². The summed E-state index contributed by atoms with van der Waals surface area (Å²) in [5, 5.41) is 9.92. The second kappa shape index (κ2) is 11.5. The third-order valence-corrected chi connectivity index (χ3v) is 12.4. The SMILES string of the molecule is C[C@@H]1[C@@H]([Si](C)(C)O)[C@H](CCO)O[C@@]12C(=O)N(Cc1cccc(N3CCCCC3=O)c1)c1ccc(N3CCCCC3=O)cc12. The molecule has 0 unspecified atom stereocenters. The molecule has 10 heteroatoms. The molecular weight excluding hydrogens is 562 g/mol. The van der Waals surface area contributed by atoms with Gasteiger partial charge in [0.15, 0.2) is 13.9 Å². The van der Waals surface area contributed by atoms with Gasteiger partial charge < -0.3 is 29.3 Å². The molecule has 6 rings (SSSR count). The number of nitrogens with zero attached hydrogens (tertiary/aromatic N) is 3. The molecule has 2 aromatic carbocycles. The minimum absolute atomic E-state index is 0.0748. The highest BCUT2D eigenvalue weighted by atomic mass is 28.4. The number of amides is 3. The lowest BCUT2D eigenvalue weighted by molar-refractivity contribution is -0.146. The van der Waals surface area contributed by atoms with Crippen LogP contribution >= 0.6 is 0 Å². The molecule has 3 amide bonds. The van der Waals surface area contributed by atoms with E-state index >= 15 is 0 Å². The molecule has 3 saturated heterocycles. The number of fused-ring (bicyclic) bond motifs is 2. The van der Waals surface area contributed by atoms with Crippen molar-refractivity contribution in [3.05, 3.63) is 53.6 Å². The smallest absolute Gasteiger partial charge is 0.264 e. The number of aliphatic hydroxyl groups is 1. The first-order valence-electron chi connectivity index (χ1n) is 15.7. The lowest BCUT2D eigenvalue weighted by Gasteiger charge is -2.33. The number of aliphatic hydroxyl groups excluding tert-OH is 1. The van der Waals surface area contributed by atoms with Crippen LogP contribution in [0.15, 0.2) is 42.5 Å². The van der Waals surface area contributed by atoms with Gasteiger partial charge in [-0.3, -0.25) is 14.4 Å². The van der Waals surface area contributed by atoms with Crippen LogP contribution in [-0.4, -0.2) is 61.7 Å². The average Bonchev–Trinajstić information content (AvgIpc) is 3.40. The molecule has 9 nitrogen and oxygen atoms in total. The predicted molar refractivity (Wildman–Crippen MR) is 167 cm³/mol. The van der Waals surface area contributed by atoms with E-state index in [0.717, 1.165) is 48.3 Å². The van der Waals surface area contributed by atoms with Gasteiger partial charge in [0.05, 0.1) is 18.3 Å². The quantitative estimate of drug-likeness (QED) is 0.452. The number of piperidine rings is 2. The Morgan fingerprint density at radius 3 is 2.19 bits per heavy atom. The van der Waals surface area contributed by atoms with E-state index in [0.29, 0.717) is 37.9 Å². The molecule has 230 valence electrons. The van der Waals surface area contributed by atoms with Crippen molar-refractivity contribution in [1.82, 2.24) is 0 Å². The van der Waals surface area contributed by atoms with Crippen LogP contribution in [0.3, 0.4) is 0 Å². The molecule has 4 atom stereocenters. The fourth-order valence-corrected chi connectivity index (χ4v) is 10.6. The van der Waals surface area contributed by atoms with Crippen molar-refractivity contribution >= 4 is 43.1 Å². The Kier molecular flexibility index (Phi) is 8.00. The van der Waals surface area contributed by atoms with E-state index in [4.69, 9.17) is 4.74 Å². The molecular formula is C33H43N3O6Si. The van der Waals surface area contributed by atoms with Crippen LogP contribution in [0.25, 0.3) is 0 Å². The molecule has 4 aliphatic rings. The third kappa shape index (κ3) is 5.12. The maximum Gasteiger partial charge on any atom is 0.264 e. The van der Waals surface area contributed by atoms with Gasteiger partial charge in [-0.15, -0.1) is 0 Å². The Labute approximate surface area is 254 Å². The largest absolute Gasteiger partial charge is 0.432 e. The molecule has 2 aromatic rings. The highest BCUT2D eigenvalue weighted by molar-refractivity contribution is 6.71. The molecule has 4 aliphatic heterocycles. The lowest BCUT2D eigenvalue weighted by atomic mass is 9.82. The average molecular weight is 606 g/mol. The molecule has 0 bridgehead atoms. The van der Waals surface area contributed by atoms with Gasteiger partial charge in [0.25, 0.3) is 5.91 Å². The first-order valence-corrected chi connectivity index (χ1v) is 18.8. The molecule has 2 N–H and O–H groups in total. The minimum Gasteiger partial charge on any atom is -0.432 e. The maximum absolute atomic E-state index is 14.7. The zero-order valence-corrected chi connectivity index (χ0v) is 26.4. The molecule has 1 spiro atoms. The third-order valence-electron chi connectivity index (χ3n) is 9.90. The van der Waals surface area contributed by atoms with Crippen LogP contribution in [-0.2, 0) is 31.3 Å². The monoisotopic (exact) mass is 605 g/mol. The number of carbonyl (C=O) groups excluding carboxylic acids is 3. The molecule has 0 aromatic heterocycles. The van der Waals surface area contributed by atoms with Gasteiger partial charge in [0, 0.05) is 60.9 Å². The Hall–Kier alpha value is -3.05. The van der Waals surface area contributed by atoms with Crippen molar-refractivity contribution < 1.29 is 29.0 Å². The minimum atomic E-state index is -2.83. The van der Waals surface area contributed by atoms with E-state index in [9.17, 15) is 24.3 Å². The van der Waals surface area contributed by atoms with E-state index in [1.165, 1.54) is 0 Å². The van der Waals surface area contributed by atoms with Crippen LogP contribution < -0.4 is 14.7 Å². The number of benzene rings is 2. The normalized spacial score (nSPS) is 27.9. The summed E-state index contributed by atoms with van der Waals surface area (Å²) in [6, 6.07) is 13.6. The van der Waals surface area contributed by atoms with E-state index in [1.807, 2.05) is 67.4 Å². The molecule has 0 radical (unpaired) electrons. The standard InChI is InChI=1S/C33H43N3O6Si/c1-22-31(43(2,3)41)28(15-18-37)42-33(22)26-20-25(35-17-7-5-12-30(35)39)13-14-27(26)36(32(33)40)21-23-9-8-10-24(19-23)34-16-6-4-11-29(34)38/h8-10,13-14,19-20,22,28,31,37,41H,4-7,11-12,15-18,21H2,1-3H3/t22-,28+,31-,33+/m1/s1. The van der Waals surface area contributed by atoms with Crippen molar-refractivity contribution in [3.8, 4) is 0 Å². The van der Waals surface area contributed by atoms with Crippen molar-refractivity contribution in [2.75, 3.05) is 34.4 Å². The Morgan fingerprint density at radius 1 is 0.930 bits per heavy atom. The summed E-state index contributed by atoms with van der Waals surface area (Å²) in [6.45, 7) is 7.23. The number of carbonyl (C=O) groups is 3. The van der Waals surface area contributed by atoms with Gasteiger partial charge in [0.1, 0.15) is 0 Å². The number of ether oxygens (including phenoxy) is 1. The summed E-state index contributed by atoms with van der Waals surface area (Å²) in [4.78, 5) is 57.1. The van der Waals surface area contributed by atoms with Crippen molar-refractivity contribution in [1.29, 1.82) is 0 Å². The Morgan fingerprint density at radius 2 is 1.58 bits per heavy atom. The summed E-state index contributed by atoms with van der Waals surface area (Å²) in [5.41, 5.74) is 2.31. The number of hydrogen-bond donors (Lipinski definition) is 2. The fourth-order valence-electron chi connectivity index (χ4n) is 7.95. The van der Waals surface area contributed by atoms with Gasteiger partial charge in [-0.1, -0.05) is 19.1 Å². The summed E-state index contributed by atoms with van der Waals surface area (Å²) >= 11 is 0. The van der Waals surface area contributed by atoms with Gasteiger partial charge in [-0.2, -0.15) is 0 Å². The second-order valence-electron chi connectivity index (χ2n) is 13.1. The highest BCUT2D eigenvalue weighted by Gasteiger charge is 2.66. The number of hydrogen-bond acceptors (Lipinski definition) is 6. The molecule has 43 heavy (non-hydrogen) atoms. The second-order valence-corrected chi connectivity index (χ2v) is 17.1. The van der Waals surface area contributed by atoms with Crippen LogP contribution in [0, 0.1) is 5.92 Å². The maximum atomic E-state index is 14.7.